The highest BCUT2D eigenvalue weighted by atomic mass is 16.5. The van der Waals surface area contributed by atoms with Crippen LogP contribution in [0.3, 0.4) is 0 Å². The Balaban J connectivity index is 2.00. The van der Waals surface area contributed by atoms with Gasteiger partial charge in [-0.05, 0) is 35.9 Å². The van der Waals surface area contributed by atoms with Gasteiger partial charge in [-0.2, -0.15) is 0 Å². The second-order valence-electron chi connectivity index (χ2n) is 5.81. The number of carbonyl (C=O) groups is 2. The third-order valence-corrected chi connectivity index (χ3v) is 3.85. The largest absolute Gasteiger partial charge is 0.491 e. The Labute approximate surface area is 153 Å². The summed E-state index contributed by atoms with van der Waals surface area (Å²) in [5.74, 6) is 0.403. The summed E-state index contributed by atoms with van der Waals surface area (Å²) in [5, 5.41) is 2.58. The van der Waals surface area contributed by atoms with Crippen LogP contribution in [0.15, 0.2) is 48.5 Å². The number of carbonyl (C=O) groups excluding carboxylic acids is 2. The number of ether oxygens (including phenoxy) is 2. The standard InChI is InChI=1S/C20H24N2O4/c1-21-19(23)16-9-7-15(8-10-16)14-22(2)20(24)17-5-4-6-18(13-17)26-12-11-25-3/h4-10,13H,11-12,14H2,1-3H3,(H,21,23). The molecule has 6 heteroatoms. The lowest BCUT2D eigenvalue weighted by atomic mass is 10.1. The number of nitrogens with one attached hydrogen (secondary N) is 1. The predicted molar refractivity (Wildman–Crippen MR) is 99.4 cm³/mol. The van der Waals surface area contributed by atoms with Crippen LogP contribution in [0.4, 0.5) is 0 Å². The van der Waals surface area contributed by atoms with Gasteiger partial charge in [0.25, 0.3) is 11.8 Å². The lowest BCUT2D eigenvalue weighted by Gasteiger charge is -2.18. The molecule has 26 heavy (non-hydrogen) atoms. The molecule has 0 bridgehead atoms. The van der Waals surface area contributed by atoms with Gasteiger partial charge in [0.1, 0.15) is 12.4 Å². The number of benzene rings is 2. The molecule has 0 unspecified atom stereocenters. The average Bonchev–Trinajstić information content (AvgIpc) is 2.67. The highest BCUT2D eigenvalue weighted by Crippen LogP contribution is 2.16. The van der Waals surface area contributed by atoms with Crippen molar-refractivity contribution in [3.63, 3.8) is 0 Å². The van der Waals surface area contributed by atoms with Crippen LogP contribution in [0, 0.1) is 0 Å². The minimum atomic E-state index is -0.133. The van der Waals surface area contributed by atoms with E-state index in [2.05, 4.69) is 5.32 Å². The summed E-state index contributed by atoms with van der Waals surface area (Å²) in [4.78, 5) is 25.8. The first-order chi connectivity index (χ1) is 12.5. The molecule has 0 heterocycles. The number of amides is 2. The highest BCUT2D eigenvalue weighted by Gasteiger charge is 2.13. The van der Waals surface area contributed by atoms with Crippen LogP contribution in [-0.4, -0.2) is 51.1 Å². The predicted octanol–water partition coefficient (Wildman–Crippen LogP) is 2.34. The molecule has 0 aromatic heterocycles. The van der Waals surface area contributed by atoms with Crippen LogP contribution in [0.5, 0.6) is 5.75 Å². The van der Waals surface area contributed by atoms with Gasteiger partial charge in [-0.3, -0.25) is 9.59 Å². The molecule has 2 aromatic carbocycles. The zero-order valence-corrected chi connectivity index (χ0v) is 15.3. The van der Waals surface area contributed by atoms with Crippen molar-refractivity contribution < 1.29 is 19.1 Å². The van der Waals surface area contributed by atoms with Crippen molar-refractivity contribution in [3.05, 3.63) is 65.2 Å². The van der Waals surface area contributed by atoms with Crippen LogP contribution in [-0.2, 0) is 11.3 Å². The molecule has 0 fully saturated rings. The van der Waals surface area contributed by atoms with Gasteiger partial charge in [-0.15, -0.1) is 0 Å². The Bertz CT molecular complexity index is 744. The monoisotopic (exact) mass is 356 g/mol. The molecule has 0 spiro atoms. The van der Waals surface area contributed by atoms with E-state index in [1.165, 1.54) is 0 Å². The number of hydrogen-bond acceptors (Lipinski definition) is 4. The molecule has 6 nitrogen and oxygen atoms in total. The van der Waals surface area contributed by atoms with E-state index in [1.54, 1.807) is 56.4 Å². The van der Waals surface area contributed by atoms with E-state index < -0.39 is 0 Å². The van der Waals surface area contributed by atoms with Crippen molar-refractivity contribution in [1.29, 1.82) is 0 Å². The SMILES string of the molecule is CNC(=O)c1ccc(CN(C)C(=O)c2cccc(OCCOC)c2)cc1. The lowest BCUT2D eigenvalue weighted by molar-refractivity contribution is 0.0784. The molecule has 0 atom stereocenters. The van der Waals surface area contributed by atoms with Crippen molar-refractivity contribution in [1.82, 2.24) is 10.2 Å². The summed E-state index contributed by atoms with van der Waals surface area (Å²) in [5.41, 5.74) is 2.09. The highest BCUT2D eigenvalue weighted by molar-refractivity contribution is 5.95. The molecule has 2 amide bonds. The summed E-state index contributed by atoms with van der Waals surface area (Å²) in [7, 11) is 4.95. The van der Waals surface area contributed by atoms with Crippen LogP contribution >= 0.6 is 0 Å². The number of rotatable bonds is 8. The van der Waals surface area contributed by atoms with E-state index in [4.69, 9.17) is 9.47 Å². The van der Waals surface area contributed by atoms with E-state index in [9.17, 15) is 9.59 Å². The van der Waals surface area contributed by atoms with Crippen LogP contribution in [0.25, 0.3) is 0 Å². The zero-order valence-electron chi connectivity index (χ0n) is 15.3. The van der Waals surface area contributed by atoms with Gasteiger partial charge < -0.3 is 19.7 Å². The van der Waals surface area contributed by atoms with Gasteiger partial charge >= 0.3 is 0 Å². The zero-order chi connectivity index (χ0) is 18.9. The maximum atomic E-state index is 12.6. The van der Waals surface area contributed by atoms with Crippen molar-refractivity contribution >= 4 is 11.8 Å². The summed E-state index contributed by atoms with van der Waals surface area (Å²) >= 11 is 0. The molecule has 0 aliphatic rings. The average molecular weight is 356 g/mol. The molecule has 0 aliphatic heterocycles. The van der Waals surface area contributed by atoms with Crippen molar-refractivity contribution in [2.24, 2.45) is 0 Å². The third kappa shape index (κ3) is 5.32. The summed E-state index contributed by atoms with van der Waals surface area (Å²) in [6.07, 6.45) is 0. The summed E-state index contributed by atoms with van der Waals surface area (Å²) in [6.45, 7) is 1.37. The van der Waals surface area contributed by atoms with Gasteiger partial charge in [-0.1, -0.05) is 18.2 Å². The maximum absolute atomic E-state index is 12.6. The van der Waals surface area contributed by atoms with Crippen molar-refractivity contribution in [2.75, 3.05) is 34.4 Å². The maximum Gasteiger partial charge on any atom is 0.254 e. The molecule has 2 aromatic rings. The Morgan fingerprint density at radius 2 is 1.77 bits per heavy atom. The quantitative estimate of drug-likeness (QED) is 0.737. The fraction of sp³-hybridized carbons (Fsp3) is 0.300. The van der Waals surface area contributed by atoms with Crippen molar-refractivity contribution in [2.45, 2.75) is 6.54 Å². The molecule has 0 saturated carbocycles. The van der Waals surface area contributed by atoms with E-state index in [1.807, 2.05) is 18.2 Å². The number of nitrogens with zero attached hydrogens (tertiary/aromatic N) is 1. The Kier molecular flexibility index (Phi) is 7.17. The van der Waals surface area contributed by atoms with Gasteiger partial charge in [0, 0.05) is 38.9 Å². The topological polar surface area (TPSA) is 67.9 Å². The molecule has 0 aliphatic carbocycles. The minimum Gasteiger partial charge on any atom is -0.491 e. The van der Waals surface area contributed by atoms with Crippen molar-refractivity contribution in [3.8, 4) is 5.75 Å². The van der Waals surface area contributed by atoms with Gasteiger partial charge in [0.2, 0.25) is 0 Å². The second kappa shape index (κ2) is 9.58. The number of methoxy groups -OCH3 is 1. The van der Waals surface area contributed by atoms with Gasteiger partial charge in [-0.25, -0.2) is 0 Å². The van der Waals surface area contributed by atoms with E-state index in [0.29, 0.717) is 36.6 Å². The second-order valence-corrected chi connectivity index (χ2v) is 5.81. The molecule has 2 rings (SSSR count). The Morgan fingerprint density at radius 3 is 2.42 bits per heavy atom. The molecule has 138 valence electrons. The van der Waals surface area contributed by atoms with Crippen LogP contribution in [0.1, 0.15) is 26.3 Å². The molecular formula is C20H24N2O4. The Morgan fingerprint density at radius 1 is 1.04 bits per heavy atom. The molecule has 0 radical (unpaired) electrons. The van der Waals surface area contributed by atoms with E-state index in [0.717, 1.165) is 5.56 Å². The van der Waals surface area contributed by atoms with Crippen LogP contribution in [0.2, 0.25) is 0 Å². The first-order valence-electron chi connectivity index (χ1n) is 8.33. The van der Waals surface area contributed by atoms with E-state index >= 15 is 0 Å². The number of hydrogen-bond donors (Lipinski definition) is 1. The summed E-state index contributed by atoms with van der Waals surface area (Å²) < 4.78 is 10.5. The normalized spacial score (nSPS) is 10.3. The van der Waals surface area contributed by atoms with Gasteiger partial charge in [0.05, 0.1) is 6.61 Å². The first-order valence-corrected chi connectivity index (χ1v) is 8.33. The van der Waals surface area contributed by atoms with E-state index in [-0.39, 0.29) is 11.8 Å². The smallest absolute Gasteiger partial charge is 0.254 e. The lowest BCUT2D eigenvalue weighted by Crippen LogP contribution is -2.26. The van der Waals surface area contributed by atoms with Gasteiger partial charge in [0.15, 0.2) is 0 Å². The molecule has 1 N–H and O–H groups in total. The third-order valence-electron chi connectivity index (χ3n) is 3.85. The minimum absolute atomic E-state index is 0.0995. The summed E-state index contributed by atoms with van der Waals surface area (Å²) in [6, 6.07) is 14.3. The van der Waals surface area contributed by atoms with Crippen LogP contribution < -0.4 is 10.1 Å². The molecular weight excluding hydrogens is 332 g/mol. The fourth-order valence-electron chi connectivity index (χ4n) is 2.43. The first kappa shape index (κ1) is 19.5. The molecule has 0 saturated heterocycles. The fourth-order valence-corrected chi connectivity index (χ4v) is 2.43. The Hall–Kier alpha value is -2.86.